The van der Waals surface area contributed by atoms with E-state index in [0.29, 0.717) is 5.88 Å². The summed E-state index contributed by atoms with van der Waals surface area (Å²) in [7, 11) is 1.27. The van der Waals surface area contributed by atoms with E-state index < -0.39 is 0 Å². The number of hydrogen-bond acceptors (Lipinski definition) is 7. The number of pyridine rings is 2. The highest BCUT2D eigenvalue weighted by molar-refractivity contribution is 6.62. The minimum Gasteiger partial charge on any atom is -0.481 e. The van der Waals surface area contributed by atoms with Gasteiger partial charge in [-0.05, 0) is 39.3 Å². The van der Waals surface area contributed by atoms with Gasteiger partial charge >= 0.3 is 7.12 Å². The number of rotatable bonds is 5. The molecule has 0 aromatic carbocycles. The van der Waals surface area contributed by atoms with Crippen LogP contribution in [0.4, 0.5) is 5.82 Å². The number of ether oxygens (including phenoxy) is 1. The Labute approximate surface area is 207 Å². The van der Waals surface area contributed by atoms with Crippen LogP contribution in [0.3, 0.4) is 0 Å². The molecule has 2 aromatic heterocycles. The van der Waals surface area contributed by atoms with Crippen LogP contribution in [0.1, 0.15) is 61.0 Å². The van der Waals surface area contributed by atoms with E-state index in [-0.39, 0.29) is 18.3 Å². The number of aromatic nitrogens is 2. The van der Waals surface area contributed by atoms with E-state index in [4.69, 9.17) is 19.0 Å². The molecule has 8 heteroatoms. The molecule has 0 spiro atoms. The third kappa shape index (κ3) is 6.71. The molecule has 0 N–H and O–H groups in total. The molecular formula is C26H43BN4O3. The first kappa shape index (κ1) is 28.1. The molecule has 0 saturated carbocycles. The predicted molar refractivity (Wildman–Crippen MR) is 141 cm³/mol. The van der Waals surface area contributed by atoms with Gasteiger partial charge in [-0.1, -0.05) is 39.8 Å². The fourth-order valence-corrected chi connectivity index (χ4v) is 3.72. The third-order valence-electron chi connectivity index (χ3n) is 6.41. The van der Waals surface area contributed by atoms with Crippen molar-refractivity contribution in [3.8, 4) is 5.88 Å². The van der Waals surface area contributed by atoms with Gasteiger partial charge in [-0.25, -0.2) is 9.97 Å². The van der Waals surface area contributed by atoms with Gasteiger partial charge in [0.1, 0.15) is 5.82 Å². The van der Waals surface area contributed by atoms with Crippen molar-refractivity contribution in [2.45, 2.75) is 73.1 Å². The second kappa shape index (κ2) is 12.5. The Balaban J connectivity index is 0.000000970. The van der Waals surface area contributed by atoms with Gasteiger partial charge in [-0.2, -0.15) is 0 Å². The first-order valence-electron chi connectivity index (χ1n) is 12.6. The Morgan fingerprint density at radius 1 is 0.853 bits per heavy atom. The lowest BCUT2D eigenvalue weighted by molar-refractivity contribution is 0.00578. The van der Waals surface area contributed by atoms with Crippen molar-refractivity contribution >= 4 is 18.4 Å². The Morgan fingerprint density at radius 3 is 1.94 bits per heavy atom. The largest absolute Gasteiger partial charge is 0.496 e. The zero-order chi connectivity index (χ0) is 25.4. The predicted octanol–water partition coefficient (Wildman–Crippen LogP) is 4.16. The van der Waals surface area contributed by atoms with Crippen molar-refractivity contribution < 1.29 is 14.0 Å². The van der Waals surface area contributed by atoms with Crippen molar-refractivity contribution in [3.63, 3.8) is 0 Å². The second-order valence-electron chi connectivity index (χ2n) is 9.01. The Morgan fingerprint density at radius 2 is 1.47 bits per heavy atom. The lowest BCUT2D eigenvalue weighted by atomic mass is 9.80. The van der Waals surface area contributed by atoms with Gasteiger partial charge in [-0.3, -0.25) is 4.90 Å². The molecule has 4 heterocycles. The van der Waals surface area contributed by atoms with Gasteiger partial charge in [0.25, 0.3) is 0 Å². The average Bonchev–Trinajstić information content (AvgIpc) is 3.09. The Bertz CT molecular complexity index is 835. The summed E-state index contributed by atoms with van der Waals surface area (Å²) in [5.41, 5.74) is 1.48. The van der Waals surface area contributed by atoms with Gasteiger partial charge in [0.15, 0.2) is 0 Å². The molecular weight excluding hydrogens is 427 g/mol. The maximum absolute atomic E-state index is 6.13. The monoisotopic (exact) mass is 470 g/mol. The van der Waals surface area contributed by atoms with Gasteiger partial charge in [0.05, 0.1) is 18.3 Å². The summed E-state index contributed by atoms with van der Waals surface area (Å²) in [5, 5.41) is 0. The van der Waals surface area contributed by atoms with Crippen LogP contribution in [0.15, 0.2) is 36.7 Å². The van der Waals surface area contributed by atoms with Crippen LogP contribution in [0.2, 0.25) is 0 Å². The summed E-state index contributed by atoms with van der Waals surface area (Å²) in [6.07, 6.45) is 3.77. The third-order valence-corrected chi connectivity index (χ3v) is 6.41. The van der Waals surface area contributed by atoms with Crippen LogP contribution in [0.25, 0.3) is 0 Å². The van der Waals surface area contributed by atoms with Crippen molar-refractivity contribution in [2.24, 2.45) is 0 Å². The molecule has 2 aliphatic heterocycles. The molecule has 0 amide bonds. The molecule has 34 heavy (non-hydrogen) atoms. The molecule has 0 aliphatic carbocycles. The highest BCUT2D eigenvalue weighted by Gasteiger charge is 2.51. The standard InChI is InChI=1S/C22H31BN4O3.2C2H6/c1-21(2)22(3,4)30-23(29-21)18-7-8-19(24-15-18)27-12-10-26(11-13-27)16-17-6-9-20(28-5)25-14-17;2*1-2/h6-9,14-15H,10-13,16H2,1-5H3;2*1-2H3. The van der Waals surface area contributed by atoms with Crippen molar-refractivity contribution in [1.82, 2.24) is 14.9 Å². The first-order valence-corrected chi connectivity index (χ1v) is 12.6. The SMILES string of the molecule is CC.CC.COc1ccc(CN2CCN(c3ccc(B4OC(C)(C)C(C)(C)O4)cn3)CC2)cn1. The zero-order valence-corrected chi connectivity index (χ0v) is 22.6. The number of nitrogens with zero attached hydrogens (tertiary/aromatic N) is 4. The van der Waals surface area contributed by atoms with Crippen LogP contribution in [-0.4, -0.2) is 66.5 Å². The summed E-state index contributed by atoms with van der Waals surface area (Å²) in [5.74, 6) is 1.65. The van der Waals surface area contributed by atoms with Gasteiger partial charge in [0, 0.05) is 56.6 Å². The van der Waals surface area contributed by atoms with Crippen molar-refractivity contribution in [2.75, 3.05) is 38.2 Å². The molecule has 7 nitrogen and oxygen atoms in total. The van der Waals surface area contributed by atoms with E-state index in [1.54, 1.807) is 7.11 Å². The molecule has 0 radical (unpaired) electrons. The first-order chi connectivity index (χ1) is 16.3. The Kier molecular flexibility index (Phi) is 10.3. The highest BCUT2D eigenvalue weighted by Crippen LogP contribution is 2.36. The lowest BCUT2D eigenvalue weighted by Gasteiger charge is -2.35. The molecule has 2 aliphatic rings. The minimum atomic E-state index is -0.369. The number of piperazine rings is 1. The normalized spacial score (nSPS) is 19.0. The second-order valence-corrected chi connectivity index (χ2v) is 9.01. The molecule has 2 fully saturated rings. The number of hydrogen-bond donors (Lipinski definition) is 0. The zero-order valence-electron chi connectivity index (χ0n) is 22.6. The molecule has 0 unspecified atom stereocenters. The molecule has 4 rings (SSSR count). The molecule has 2 aromatic rings. The lowest BCUT2D eigenvalue weighted by Crippen LogP contribution is -2.46. The smallest absolute Gasteiger partial charge is 0.481 e. The van der Waals surface area contributed by atoms with E-state index in [0.717, 1.165) is 44.0 Å². The van der Waals surface area contributed by atoms with Crippen LogP contribution >= 0.6 is 0 Å². The summed E-state index contributed by atoms with van der Waals surface area (Å²) in [6, 6.07) is 8.13. The van der Waals surface area contributed by atoms with Crippen LogP contribution in [-0.2, 0) is 15.9 Å². The van der Waals surface area contributed by atoms with Crippen LogP contribution in [0, 0.1) is 0 Å². The molecule has 2 saturated heterocycles. The average molecular weight is 470 g/mol. The Hall–Kier alpha value is -2.16. The topological polar surface area (TPSA) is 60.0 Å². The van der Waals surface area contributed by atoms with E-state index >= 15 is 0 Å². The van der Waals surface area contributed by atoms with E-state index in [1.165, 1.54) is 5.56 Å². The van der Waals surface area contributed by atoms with Crippen molar-refractivity contribution in [3.05, 3.63) is 42.2 Å². The van der Waals surface area contributed by atoms with E-state index in [2.05, 4.69) is 60.7 Å². The minimum absolute atomic E-state index is 0.341. The summed E-state index contributed by atoms with van der Waals surface area (Å²) >= 11 is 0. The number of methoxy groups -OCH3 is 1. The fourth-order valence-electron chi connectivity index (χ4n) is 3.72. The fraction of sp³-hybridized carbons (Fsp3) is 0.615. The van der Waals surface area contributed by atoms with Crippen molar-refractivity contribution in [1.29, 1.82) is 0 Å². The van der Waals surface area contributed by atoms with Crippen LogP contribution < -0.4 is 15.1 Å². The number of anilines is 1. The van der Waals surface area contributed by atoms with Gasteiger partial charge in [0.2, 0.25) is 5.88 Å². The van der Waals surface area contributed by atoms with Crippen LogP contribution in [0.5, 0.6) is 5.88 Å². The van der Waals surface area contributed by atoms with E-state index in [1.807, 2.05) is 46.2 Å². The molecule has 0 bridgehead atoms. The highest BCUT2D eigenvalue weighted by atomic mass is 16.7. The van der Waals surface area contributed by atoms with Gasteiger partial charge < -0.3 is 18.9 Å². The molecule has 0 atom stereocenters. The summed E-state index contributed by atoms with van der Waals surface area (Å²) in [4.78, 5) is 13.8. The quantitative estimate of drug-likeness (QED) is 0.609. The maximum atomic E-state index is 6.13. The summed E-state index contributed by atoms with van der Waals surface area (Å²) in [6.45, 7) is 21.1. The van der Waals surface area contributed by atoms with Gasteiger partial charge in [-0.15, -0.1) is 0 Å². The maximum Gasteiger partial charge on any atom is 0.496 e. The summed E-state index contributed by atoms with van der Waals surface area (Å²) < 4.78 is 17.4. The molecule has 188 valence electrons. The van der Waals surface area contributed by atoms with E-state index in [9.17, 15) is 0 Å².